The molecule has 1 aromatic carbocycles. The molecule has 0 bridgehead atoms. The predicted octanol–water partition coefficient (Wildman–Crippen LogP) is 5.37. The molecule has 110 valence electrons. The molecule has 0 radical (unpaired) electrons. The lowest BCUT2D eigenvalue weighted by molar-refractivity contribution is 0.691. The lowest BCUT2D eigenvalue weighted by Crippen LogP contribution is -2.06. The van der Waals surface area contributed by atoms with Gasteiger partial charge in [0.2, 0.25) is 0 Å². The molecule has 0 aliphatic heterocycles. The highest BCUT2D eigenvalue weighted by molar-refractivity contribution is 9.11. The molecule has 1 N–H and O–H groups in total. The minimum atomic E-state index is 0.538. The van der Waals surface area contributed by atoms with E-state index in [4.69, 9.17) is 4.98 Å². The summed E-state index contributed by atoms with van der Waals surface area (Å²) in [6.07, 6.45) is 5.02. The van der Waals surface area contributed by atoms with Crippen LogP contribution in [0.4, 0.5) is 5.82 Å². The molecule has 2 aromatic rings. The molecule has 1 aromatic heterocycles. The molecule has 3 nitrogen and oxygen atoms in total. The summed E-state index contributed by atoms with van der Waals surface area (Å²) >= 11 is 7.27. The molecular weight excluding hydrogens is 394 g/mol. The Kier molecular flexibility index (Phi) is 4.60. The topological polar surface area (TPSA) is 37.8 Å². The molecule has 1 aliphatic carbocycles. The van der Waals surface area contributed by atoms with E-state index in [2.05, 4.69) is 42.2 Å². The van der Waals surface area contributed by atoms with E-state index in [1.165, 1.54) is 25.7 Å². The highest BCUT2D eigenvalue weighted by atomic mass is 79.9. The second-order valence-electron chi connectivity index (χ2n) is 5.31. The molecule has 5 heteroatoms. The van der Waals surface area contributed by atoms with Gasteiger partial charge in [-0.15, -0.1) is 0 Å². The van der Waals surface area contributed by atoms with Crippen molar-refractivity contribution in [2.75, 3.05) is 12.4 Å². The largest absolute Gasteiger partial charge is 0.372 e. The Balaban J connectivity index is 2.13. The number of nitrogens with zero attached hydrogens (tertiary/aromatic N) is 2. The zero-order valence-electron chi connectivity index (χ0n) is 11.9. The first-order valence-electron chi connectivity index (χ1n) is 7.20. The summed E-state index contributed by atoms with van der Waals surface area (Å²) in [6, 6.07) is 8.09. The third-order valence-corrected chi connectivity index (χ3v) is 5.44. The fourth-order valence-electron chi connectivity index (χ4n) is 2.86. The maximum atomic E-state index is 4.87. The summed E-state index contributed by atoms with van der Waals surface area (Å²) in [7, 11) is 1.90. The third-order valence-electron chi connectivity index (χ3n) is 3.97. The van der Waals surface area contributed by atoms with Crippen molar-refractivity contribution >= 4 is 37.7 Å². The Morgan fingerprint density at radius 3 is 2.48 bits per heavy atom. The quantitative estimate of drug-likeness (QED) is 0.739. The zero-order valence-corrected chi connectivity index (χ0v) is 15.0. The molecule has 0 spiro atoms. The Hall–Kier alpha value is -0.940. The van der Waals surface area contributed by atoms with Gasteiger partial charge in [-0.1, -0.05) is 47.0 Å². The lowest BCUT2D eigenvalue weighted by Gasteiger charge is -2.16. The number of hydrogen-bond donors (Lipinski definition) is 1. The van der Waals surface area contributed by atoms with Gasteiger partial charge in [0.05, 0.1) is 10.2 Å². The Bertz CT molecular complexity index is 652. The molecule has 0 atom stereocenters. The van der Waals surface area contributed by atoms with Crippen molar-refractivity contribution in [1.29, 1.82) is 0 Å². The van der Waals surface area contributed by atoms with Gasteiger partial charge in [-0.2, -0.15) is 0 Å². The van der Waals surface area contributed by atoms with Crippen molar-refractivity contribution in [3.63, 3.8) is 0 Å². The van der Waals surface area contributed by atoms with Crippen molar-refractivity contribution in [3.05, 3.63) is 38.9 Å². The normalized spacial score (nSPS) is 15.4. The number of halogens is 2. The summed E-state index contributed by atoms with van der Waals surface area (Å²) in [5.74, 6) is 2.17. The summed E-state index contributed by atoms with van der Waals surface area (Å²) in [5, 5.41) is 3.18. The van der Waals surface area contributed by atoms with Crippen LogP contribution >= 0.6 is 31.9 Å². The van der Waals surface area contributed by atoms with Crippen molar-refractivity contribution in [2.45, 2.75) is 31.6 Å². The van der Waals surface area contributed by atoms with E-state index in [9.17, 15) is 0 Å². The van der Waals surface area contributed by atoms with Gasteiger partial charge in [0.25, 0.3) is 0 Å². The van der Waals surface area contributed by atoms with Gasteiger partial charge in [-0.25, -0.2) is 9.97 Å². The van der Waals surface area contributed by atoms with E-state index in [1.807, 2.05) is 31.3 Å². The van der Waals surface area contributed by atoms with Crippen molar-refractivity contribution in [1.82, 2.24) is 9.97 Å². The van der Waals surface area contributed by atoms with E-state index in [0.717, 1.165) is 31.8 Å². The summed E-state index contributed by atoms with van der Waals surface area (Å²) in [4.78, 5) is 9.52. The third kappa shape index (κ3) is 2.99. The van der Waals surface area contributed by atoms with Crippen LogP contribution in [-0.4, -0.2) is 17.0 Å². The van der Waals surface area contributed by atoms with Crippen LogP contribution in [0, 0.1) is 0 Å². The summed E-state index contributed by atoms with van der Waals surface area (Å²) < 4.78 is 2.03. The molecule has 1 heterocycles. The first kappa shape index (κ1) is 15.0. The van der Waals surface area contributed by atoms with Gasteiger partial charge in [-0.3, -0.25) is 0 Å². The van der Waals surface area contributed by atoms with Gasteiger partial charge in [0.15, 0.2) is 5.82 Å². The maximum absolute atomic E-state index is 4.87. The Morgan fingerprint density at radius 2 is 1.81 bits per heavy atom. The number of benzene rings is 1. The monoisotopic (exact) mass is 409 g/mol. The van der Waals surface area contributed by atoms with Crippen LogP contribution in [0.3, 0.4) is 0 Å². The first-order chi connectivity index (χ1) is 10.2. The molecule has 1 saturated carbocycles. The second-order valence-corrected chi connectivity index (χ2v) is 6.95. The number of nitrogens with one attached hydrogen (secondary N) is 1. The first-order valence-corrected chi connectivity index (χ1v) is 8.79. The highest BCUT2D eigenvalue weighted by Gasteiger charge is 2.24. The van der Waals surface area contributed by atoms with Crippen LogP contribution < -0.4 is 5.32 Å². The van der Waals surface area contributed by atoms with E-state index >= 15 is 0 Å². The Labute approximate surface area is 141 Å². The van der Waals surface area contributed by atoms with Gasteiger partial charge in [-0.05, 0) is 34.8 Å². The maximum Gasteiger partial charge on any atom is 0.162 e. The zero-order chi connectivity index (χ0) is 14.8. The number of anilines is 1. The number of rotatable bonds is 3. The van der Waals surface area contributed by atoms with Crippen LogP contribution in [0.2, 0.25) is 0 Å². The van der Waals surface area contributed by atoms with Gasteiger partial charge in [0.1, 0.15) is 5.82 Å². The lowest BCUT2D eigenvalue weighted by atomic mass is 10.0. The molecule has 1 fully saturated rings. The highest BCUT2D eigenvalue weighted by Crippen LogP contribution is 2.40. The molecular formula is C16H17Br2N3. The molecule has 0 saturated heterocycles. The SMILES string of the molecule is CNc1nc(-c2ccccc2Br)nc(C2CCCC2)c1Br. The van der Waals surface area contributed by atoms with Crippen LogP contribution in [0.15, 0.2) is 33.2 Å². The Morgan fingerprint density at radius 1 is 1.10 bits per heavy atom. The summed E-state index contributed by atoms with van der Waals surface area (Å²) in [6.45, 7) is 0. The standard InChI is InChI=1S/C16H17Br2N3/c1-19-16-13(18)14(10-6-2-3-7-10)20-15(21-16)11-8-4-5-9-12(11)17/h4-5,8-10H,2-3,6-7H2,1H3,(H,19,20,21). The fourth-order valence-corrected chi connectivity index (χ4v) is 4.02. The van der Waals surface area contributed by atoms with E-state index in [0.29, 0.717) is 5.92 Å². The van der Waals surface area contributed by atoms with Gasteiger partial charge >= 0.3 is 0 Å². The van der Waals surface area contributed by atoms with Crippen molar-refractivity contribution < 1.29 is 0 Å². The van der Waals surface area contributed by atoms with E-state index < -0.39 is 0 Å². The molecule has 1 aliphatic rings. The van der Waals surface area contributed by atoms with Crippen LogP contribution in [0.5, 0.6) is 0 Å². The molecule has 0 unspecified atom stereocenters. The van der Waals surface area contributed by atoms with Crippen molar-refractivity contribution in [2.24, 2.45) is 0 Å². The van der Waals surface area contributed by atoms with E-state index in [-0.39, 0.29) is 0 Å². The summed E-state index contributed by atoms with van der Waals surface area (Å²) in [5.41, 5.74) is 2.17. The fraction of sp³-hybridized carbons (Fsp3) is 0.375. The molecule has 0 amide bonds. The average Bonchev–Trinajstić information content (AvgIpc) is 3.02. The van der Waals surface area contributed by atoms with Crippen LogP contribution in [0.25, 0.3) is 11.4 Å². The number of aromatic nitrogens is 2. The smallest absolute Gasteiger partial charge is 0.162 e. The minimum absolute atomic E-state index is 0.538. The van der Waals surface area contributed by atoms with E-state index in [1.54, 1.807) is 0 Å². The van der Waals surface area contributed by atoms with Crippen molar-refractivity contribution in [3.8, 4) is 11.4 Å². The average molecular weight is 411 g/mol. The minimum Gasteiger partial charge on any atom is -0.372 e. The van der Waals surface area contributed by atoms with Gasteiger partial charge in [0, 0.05) is 23.0 Å². The molecule has 3 rings (SSSR count). The van der Waals surface area contributed by atoms with Crippen LogP contribution in [0.1, 0.15) is 37.3 Å². The second kappa shape index (κ2) is 6.44. The predicted molar refractivity (Wildman–Crippen MR) is 93.6 cm³/mol. The van der Waals surface area contributed by atoms with Gasteiger partial charge < -0.3 is 5.32 Å². The number of hydrogen-bond acceptors (Lipinski definition) is 3. The van der Waals surface area contributed by atoms with Crippen LogP contribution in [-0.2, 0) is 0 Å². The molecule has 21 heavy (non-hydrogen) atoms.